The molecule has 0 bridgehead atoms. The first-order valence-electron chi connectivity index (χ1n) is 8.81. The molecule has 0 fully saturated rings. The molecule has 0 atom stereocenters. The summed E-state index contributed by atoms with van der Waals surface area (Å²) in [7, 11) is 1.54. The van der Waals surface area contributed by atoms with Crippen molar-refractivity contribution in [3.63, 3.8) is 0 Å². The number of amides is 1. The Kier molecular flexibility index (Phi) is 6.47. The normalized spacial score (nSPS) is 10.4. The molecule has 8 heteroatoms. The number of carbonyl (C=O) groups excluding carboxylic acids is 2. The summed E-state index contributed by atoms with van der Waals surface area (Å²) in [6, 6.07) is 15.3. The van der Waals surface area contributed by atoms with E-state index in [4.69, 9.17) is 18.6 Å². The summed E-state index contributed by atoms with van der Waals surface area (Å²) in [6.07, 6.45) is 0. The smallest absolute Gasteiger partial charge is 0.351 e. The lowest BCUT2D eigenvalue weighted by Gasteiger charge is -2.11. The highest BCUT2D eigenvalue weighted by Crippen LogP contribution is 2.25. The summed E-state index contributed by atoms with van der Waals surface area (Å²) in [5.74, 6) is -0.308. The van der Waals surface area contributed by atoms with Crippen LogP contribution in [0.15, 0.2) is 63.8 Å². The number of rotatable bonds is 8. The van der Waals surface area contributed by atoms with Crippen LogP contribution in [0.2, 0.25) is 0 Å². The quantitative estimate of drug-likeness (QED) is 0.353. The summed E-state index contributed by atoms with van der Waals surface area (Å²) in [4.78, 5) is 35.9. The van der Waals surface area contributed by atoms with Crippen LogP contribution in [0.1, 0.15) is 10.4 Å². The van der Waals surface area contributed by atoms with E-state index in [0.29, 0.717) is 22.5 Å². The number of carbonyl (C=O) groups is 2. The minimum Gasteiger partial charge on any atom is -0.493 e. The standard InChI is InChI=1S/C21H19NO7/c1-26-17-8-4-5-9-18(17)27-11-10-22-19(23)13-28-20(24)15-12-14-6-2-3-7-16(14)29-21(15)25/h2-9,12H,10-11,13H2,1H3,(H,22,23). The van der Waals surface area contributed by atoms with Gasteiger partial charge in [0.25, 0.3) is 5.91 Å². The Labute approximate surface area is 166 Å². The van der Waals surface area contributed by atoms with Crippen molar-refractivity contribution in [1.29, 1.82) is 0 Å². The van der Waals surface area contributed by atoms with Crippen molar-refractivity contribution in [2.75, 3.05) is 26.9 Å². The van der Waals surface area contributed by atoms with Gasteiger partial charge in [-0.2, -0.15) is 0 Å². The third-order valence-corrected chi connectivity index (χ3v) is 3.95. The topological polar surface area (TPSA) is 104 Å². The van der Waals surface area contributed by atoms with Crippen molar-refractivity contribution in [2.24, 2.45) is 0 Å². The van der Waals surface area contributed by atoms with E-state index < -0.39 is 24.1 Å². The number of ether oxygens (including phenoxy) is 3. The van der Waals surface area contributed by atoms with Crippen molar-refractivity contribution in [3.8, 4) is 11.5 Å². The molecule has 1 amide bonds. The van der Waals surface area contributed by atoms with Gasteiger partial charge in [-0.3, -0.25) is 4.79 Å². The number of hydrogen-bond acceptors (Lipinski definition) is 7. The van der Waals surface area contributed by atoms with Gasteiger partial charge in [0.1, 0.15) is 17.8 Å². The fourth-order valence-electron chi connectivity index (χ4n) is 2.55. The predicted molar refractivity (Wildman–Crippen MR) is 104 cm³/mol. The molecule has 3 rings (SSSR count). The molecule has 3 aromatic rings. The number of hydrogen-bond donors (Lipinski definition) is 1. The summed E-state index contributed by atoms with van der Waals surface area (Å²) in [6.45, 7) is -0.124. The Morgan fingerprint density at radius 3 is 2.55 bits per heavy atom. The summed E-state index contributed by atoms with van der Waals surface area (Å²) in [5.41, 5.74) is -0.725. The van der Waals surface area contributed by atoms with Crippen molar-refractivity contribution in [3.05, 3.63) is 70.6 Å². The lowest BCUT2D eigenvalue weighted by Crippen LogP contribution is -2.32. The lowest BCUT2D eigenvalue weighted by molar-refractivity contribution is -0.124. The lowest BCUT2D eigenvalue weighted by atomic mass is 10.2. The highest BCUT2D eigenvalue weighted by molar-refractivity contribution is 5.94. The zero-order valence-corrected chi connectivity index (χ0v) is 15.7. The van der Waals surface area contributed by atoms with Gasteiger partial charge in [-0.05, 0) is 24.3 Å². The van der Waals surface area contributed by atoms with Crippen LogP contribution in [0, 0.1) is 0 Å². The molecular formula is C21H19NO7. The third kappa shape index (κ3) is 5.13. The Morgan fingerprint density at radius 1 is 1.03 bits per heavy atom. The van der Waals surface area contributed by atoms with Gasteiger partial charge in [0.05, 0.1) is 13.7 Å². The molecule has 0 aliphatic carbocycles. The molecule has 0 aliphatic rings. The minimum atomic E-state index is -0.926. The average Bonchev–Trinajstić information content (AvgIpc) is 2.74. The monoisotopic (exact) mass is 397 g/mol. The van der Waals surface area contributed by atoms with E-state index in [2.05, 4.69) is 5.32 Å². The molecule has 1 N–H and O–H groups in total. The van der Waals surface area contributed by atoms with Crippen LogP contribution in [0.4, 0.5) is 0 Å². The van der Waals surface area contributed by atoms with Gasteiger partial charge in [0.2, 0.25) is 0 Å². The van der Waals surface area contributed by atoms with Crippen LogP contribution in [-0.2, 0) is 9.53 Å². The second-order valence-electron chi connectivity index (χ2n) is 5.91. The van der Waals surface area contributed by atoms with Gasteiger partial charge >= 0.3 is 11.6 Å². The number of benzene rings is 2. The fourth-order valence-corrected chi connectivity index (χ4v) is 2.55. The average molecular weight is 397 g/mol. The molecule has 150 valence electrons. The molecule has 8 nitrogen and oxygen atoms in total. The molecule has 0 radical (unpaired) electrons. The highest BCUT2D eigenvalue weighted by atomic mass is 16.5. The number of esters is 1. The molecule has 2 aromatic carbocycles. The SMILES string of the molecule is COc1ccccc1OCCNC(=O)COC(=O)c1cc2ccccc2oc1=O. The van der Waals surface area contributed by atoms with E-state index in [0.717, 1.165) is 0 Å². The van der Waals surface area contributed by atoms with E-state index in [9.17, 15) is 14.4 Å². The predicted octanol–water partition coefficient (Wildman–Crippen LogP) is 2.15. The fraction of sp³-hybridized carbons (Fsp3) is 0.190. The second-order valence-corrected chi connectivity index (χ2v) is 5.91. The molecule has 0 aliphatic heterocycles. The van der Waals surface area contributed by atoms with Crippen LogP contribution in [-0.4, -0.2) is 38.7 Å². The van der Waals surface area contributed by atoms with E-state index in [1.165, 1.54) is 13.2 Å². The van der Waals surface area contributed by atoms with Gasteiger partial charge in [0.15, 0.2) is 18.1 Å². The second kappa shape index (κ2) is 9.41. The van der Waals surface area contributed by atoms with E-state index >= 15 is 0 Å². The van der Waals surface area contributed by atoms with Crippen LogP contribution in [0.25, 0.3) is 11.0 Å². The number of para-hydroxylation sites is 3. The summed E-state index contributed by atoms with van der Waals surface area (Å²) >= 11 is 0. The molecule has 0 unspecified atom stereocenters. The first kappa shape index (κ1) is 19.9. The van der Waals surface area contributed by atoms with Gasteiger partial charge < -0.3 is 23.9 Å². The van der Waals surface area contributed by atoms with Gasteiger partial charge in [-0.1, -0.05) is 30.3 Å². The molecule has 1 heterocycles. The maximum absolute atomic E-state index is 12.1. The summed E-state index contributed by atoms with van der Waals surface area (Å²) < 4.78 is 20.7. The number of methoxy groups -OCH3 is 1. The van der Waals surface area contributed by atoms with Crippen molar-refractivity contribution < 1.29 is 28.2 Å². The van der Waals surface area contributed by atoms with Gasteiger partial charge in [-0.15, -0.1) is 0 Å². The van der Waals surface area contributed by atoms with E-state index in [-0.39, 0.29) is 18.7 Å². The van der Waals surface area contributed by atoms with Crippen molar-refractivity contribution >= 4 is 22.8 Å². The van der Waals surface area contributed by atoms with E-state index in [1.54, 1.807) is 42.5 Å². The van der Waals surface area contributed by atoms with Crippen LogP contribution in [0.3, 0.4) is 0 Å². The largest absolute Gasteiger partial charge is 0.493 e. The third-order valence-electron chi connectivity index (χ3n) is 3.95. The van der Waals surface area contributed by atoms with Crippen LogP contribution >= 0.6 is 0 Å². The number of nitrogens with one attached hydrogen (secondary N) is 1. The van der Waals surface area contributed by atoms with Crippen LogP contribution in [0.5, 0.6) is 11.5 Å². The Morgan fingerprint density at radius 2 is 1.76 bits per heavy atom. The Balaban J connectivity index is 1.46. The number of fused-ring (bicyclic) bond motifs is 1. The first-order valence-corrected chi connectivity index (χ1v) is 8.81. The molecular weight excluding hydrogens is 378 g/mol. The first-order chi connectivity index (χ1) is 14.1. The molecule has 1 aromatic heterocycles. The highest BCUT2D eigenvalue weighted by Gasteiger charge is 2.16. The molecule has 0 saturated carbocycles. The van der Waals surface area contributed by atoms with Crippen molar-refractivity contribution in [1.82, 2.24) is 5.32 Å². The maximum atomic E-state index is 12.1. The zero-order valence-electron chi connectivity index (χ0n) is 15.7. The van der Waals surface area contributed by atoms with Gasteiger partial charge in [-0.25, -0.2) is 9.59 Å². The van der Waals surface area contributed by atoms with Crippen molar-refractivity contribution in [2.45, 2.75) is 0 Å². The maximum Gasteiger partial charge on any atom is 0.351 e. The molecule has 29 heavy (non-hydrogen) atoms. The molecule has 0 saturated heterocycles. The zero-order chi connectivity index (χ0) is 20.6. The van der Waals surface area contributed by atoms with Gasteiger partial charge in [0, 0.05) is 5.39 Å². The minimum absolute atomic E-state index is 0.201. The Hall–Kier alpha value is -3.81. The molecule has 0 spiro atoms. The summed E-state index contributed by atoms with van der Waals surface area (Å²) in [5, 5.41) is 3.14. The Bertz CT molecular complexity index is 1070. The van der Waals surface area contributed by atoms with E-state index in [1.807, 2.05) is 6.07 Å². The van der Waals surface area contributed by atoms with Crippen LogP contribution < -0.4 is 20.4 Å².